The summed E-state index contributed by atoms with van der Waals surface area (Å²) in [5.74, 6) is 1.10. The number of fused-ring (bicyclic) bond motifs is 2. The molecule has 7 rings (SSSR count). The van der Waals surface area contributed by atoms with Crippen molar-refractivity contribution in [2.75, 3.05) is 31.6 Å². The second-order valence-corrected chi connectivity index (χ2v) is 11.4. The fourth-order valence-corrected chi connectivity index (χ4v) is 6.61. The summed E-state index contributed by atoms with van der Waals surface area (Å²) in [6, 6.07) is 19.9. The number of carbonyl (C=O) groups excluding carboxylic acids is 1. The van der Waals surface area contributed by atoms with Crippen molar-refractivity contribution in [3.63, 3.8) is 0 Å². The van der Waals surface area contributed by atoms with Crippen molar-refractivity contribution < 1.29 is 14.6 Å². The third-order valence-corrected chi connectivity index (χ3v) is 8.76. The van der Waals surface area contributed by atoms with E-state index in [-0.39, 0.29) is 12.0 Å². The zero-order chi connectivity index (χ0) is 29.5. The third kappa shape index (κ3) is 5.01. The first-order valence-corrected chi connectivity index (χ1v) is 14.7. The highest BCUT2D eigenvalue weighted by molar-refractivity contribution is 6.36. The van der Waals surface area contributed by atoms with Crippen LogP contribution in [-0.2, 0) is 13.0 Å². The van der Waals surface area contributed by atoms with Gasteiger partial charge in [-0.15, -0.1) is 0 Å². The number of benzene rings is 2. The SMILES string of the molecule is COc1nc(-c2cccc(-c3cccc4c3CCN4c3nccc4cc(CN5CC[C@@H](O)C5)cnc34)c2Cl)ccc1C=O. The molecule has 0 unspecified atom stereocenters. The number of hydrogen-bond acceptors (Lipinski definition) is 8. The van der Waals surface area contributed by atoms with E-state index >= 15 is 0 Å². The number of nitrogens with zero attached hydrogens (tertiary/aromatic N) is 5. The summed E-state index contributed by atoms with van der Waals surface area (Å²) in [5, 5.41) is 11.5. The number of pyridine rings is 3. The van der Waals surface area contributed by atoms with Gasteiger partial charge in [-0.1, -0.05) is 41.9 Å². The monoisotopic (exact) mass is 591 g/mol. The molecule has 0 radical (unpaired) electrons. The molecule has 8 nitrogen and oxygen atoms in total. The molecule has 0 saturated carbocycles. The van der Waals surface area contributed by atoms with Crippen molar-refractivity contribution in [3.8, 4) is 28.3 Å². The van der Waals surface area contributed by atoms with Gasteiger partial charge in [0.05, 0.1) is 29.5 Å². The first-order chi connectivity index (χ1) is 21.0. The Kier molecular flexibility index (Phi) is 7.26. The molecule has 1 atom stereocenters. The van der Waals surface area contributed by atoms with Crippen LogP contribution in [0.25, 0.3) is 33.3 Å². The van der Waals surface area contributed by atoms with Crippen LogP contribution < -0.4 is 9.64 Å². The number of ether oxygens (including phenoxy) is 1. The molecule has 2 aliphatic rings. The lowest BCUT2D eigenvalue weighted by Crippen LogP contribution is -2.21. The van der Waals surface area contributed by atoms with E-state index in [1.54, 1.807) is 12.1 Å². The fourth-order valence-electron chi connectivity index (χ4n) is 6.29. The first kappa shape index (κ1) is 27.5. The van der Waals surface area contributed by atoms with Crippen LogP contribution in [0.2, 0.25) is 5.02 Å². The number of rotatable bonds is 7. The van der Waals surface area contributed by atoms with Gasteiger partial charge in [-0.05, 0) is 59.9 Å². The van der Waals surface area contributed by atoms with Crippen molar-refractivity contribution in [3.05, 3.63) is 94.8 Å². The van der Waals surface area contributed by atoms with Crippen LogP contribution in [0.3, 0.4) is 0 Å². The molecule has 9 heteroatoms. The second kappa shape index (κ2) is 11.4. The van der Waals surface area contributed by atoms with Gasteiger partial charge in [0, 0.05) is 60.8 Å². The minimum atomic E-state index is -0.239. The number of aromatic nitrogens is 3. The van der Waals surface area contributed by atoms with E-state index in [0.29, 0.717) is 22.8 Å². The average Bonchev–Trinajstić information content (AvgIpc) is 3.66. The van der Waals surface area contributed by atoms with Crippen LogP contribution in [0.15, 0.2) is 73.1 Å². The van der Waals surface area contributed by atoms with E-state index in [0.717, 1.165) is 83.4 Å². The first-order valence-electron chi connectivity index (χ1n) is 14.4. The Hall–Kier alpha value is -4.37. The lowest BCUT2D eigenvalue weighted by Gasteiger charge is -2.21. The van der Waals surface area contributed by atoms with E-state index in [1.165, 1.54) is 12.7 Å². The van der Waals surface area contributed by atoms with Gasteiger partial charge in [0.15, 0.2) is 12.1 Å². The van der Waals surface area contributed by atoms with Crippen molar-refractivity contribution in [2.24, 2.45) is 0 Å². The Balaban J connectivity index is 1.23. The van der Waals surface area contributed by atoms with Gasteiger partial charge in [0.1, 0.15) is 5.52 Å². The molecule has 1 fully saturated rings. The molecule has 1 N–H and O–H groups in total. The van der Waals surface area contributed by atoms with E-state index in [2.05, 4.69) is 39.0 Å². The van der Waals surface area contributed by atoms with Crippen molar-refractivity contribution in [2.45, 2.75) is 25.5 Å². The normalized spacial score (nSPS) is 16.5. The fraction of sp³-hybridized carbons (Fsp3) is 0.235. The molecule has 1 saturated heterocycles. The predicted octanol–water partition coefficient (Wildman–Crippen LogP) is 6.09. The predicted molar refractivity (Wildman–Crippen MR) is 168 cm³/mol. The molecule has 2 aromatic carbocycles. The van der Waals surface area contributed by atoms with Crippen LogP contribution in [-0.4, -0.2) is 64.1 Å². The quantitative estimate of drug-likeness (QED) is 0.227. The van der Waals surface area contributed by atoms with Crippen LogP contribution in [0.5, 0.6) is 5.88 Å². The highest BCUT2D eigenvalue weighted by atomic mass is 35.5. The topological polar surface area (TPSA) is 91.7 Å². The maximum absolute atomic E-state index is 11.4. The van der Waals surface area contributed by atoms with E-state index < -0.39 is 0 Å². The van der Waals surface area contributed by atoms with Gasteiger partial charge < -0.3 is 14.7 Å². The molecule has 0 bridgehead atoms. The number of aliphatic hydroxyl groups excluding tert-OH is 1. The number of aliphatic hydroxyl groups is 1. The zero-order valence-corrected chi connectivity index (χ0v) is 24.5. The lowest BCUT2D eigenvalue weighted by atomic mass is 9.95. The van der Waals surface area contributed by atoms with Crippen molar-refractivity contribution in [1.82, 2.24) is 19.9 Å². The van der Waals surface area contributed by atoms with Gasteiger partial charge in [0.25, 0.3) is 0 Å². The van der Waals surface area contributed by atoms with E-state index in [1.807, 2.05) is 36.7 Å². The number of aldehydes is 1. The maximum atomic E-state index is 11.4. The molecule has 2 aliphatic heterocycles. The van der Waals surface area contributed by atoms with Crippen molar-refractivity contribution in [1.29, 1.82) is 0 Å². The van der Waals surface area contributed by atoms with Gasteiger partial charge in [-0.25, -0.2) is 9.97 Å². The van der Waals surface area contributed by atoms with Crippen LogP contribution >= 0.6 is 11.6 Å². The van der Waals surface area contributed by atoms with Crippen molar-refractivity contribution >= 4 is 40.3 Å². The number of anilines is 2. The van der Waals surface area contributed by atoms with Gasteiger partial charge >= 0.3 is 0 Å². The molecule has 5 heterocycles. The Morgan fingerprint density at radius 3 is 2.70 bits per heavy atom. The number of halogens is 1. The molecule has 0 amide bonds. The summed E-state index contributed by atoms with van der Waals surface area (Å²) in [7, 11) is 1.50. The molecule has 0 aliphatic carbocycles. The number of hydrogen-bond donors (Lipinski definition) is 1. The minimum absolute atomic E-state index is 0.239. The number of β-amino-alcohol motifs (C(OH)–C–C–N with tert-alkyl or cyclic N) is 1. The molecule has 43 heavy (non-hydrogen) atoms. The second-order valence-electron chi connectivity index (χ2n) is 11.0. The standard InChI is InChI=1S/C34H30ClN5O3/c1-43-34-23(20-41)8-9-29(38-34)28-6-2-5-27(31(28)35)25-4-3-7-30-26(25)12-15-40(30)33-32-22(10-13-36-33)16-21(17-37-32)18-39-14-11-24(42)19-39/h2-10,13,16-17,20,24,42H,11-12,14-15,18-19H2,1H3/t24-/m1/s1. The zero-order valence-electron chi connectivity index (χ0n) is 23.7. The number of carbonyl (C=O) groups is 1. The summed E-state index contributed by atoms with van der Waals surface area (Å²) in [4.78, 5) is 30.1. The highest BCUT2D eigenvalue weighted by Crippen LogP contribution is 2.44. The third-order valence-electron chi connectivity index (χ3n) is 8.35. The maximum Gasteiger partial charge on any atom is 0.224 e. The summed E-state index contributed by atoms with van der Waals surface area (Å²) in [6.45, 7) is 3.15. The van der Waals surface area contributed by atoms with Gasteiger partial charge in [-0.2, -0.15) is 0 Å². The molecule has 216 valence electrons. The molecule has 3 aromatic heterocycles. The summed E-state index contributed by atoms with van der Waals surface area (Å²) < 4.78 is 5.32. The summed E-state index contributed by atoms with van der Waals surface area (Å²) >= 11 is 7.06. The van der Waals surface area contributed by atoms with Gasteiger partial charge in [0.2, 0.25) is 5.88 Å². The van der Waals surface area contributed by atoms with Crippen LogP contribution in [0, 0.1) is 0 Å². The number of methoxy groups -OCH3 is 1. The van der Waals surface area contributed by atoms with E-state index in [9.17, 15) is 9.90 Å². The Morgan fingerprint density at radius 2 is 1.88 bits per heavy atom. The largest absolute Gasteiger partial charge is 0.480 e. The smallest absolute Gasteiger partial charge is 0.224 e. The Bertz CT molecular complexity index is 1860. The molecular formula is C34H30ClN5O3. The number of likely N-dealkylation sites (tertiary alicyclic amines) is 1. The molecule has 5 aromatic rings. The summed E-state index contributed by atoms with van der Waals surface area (Å²) in [6.07, 6.45) is 5.92. The lowest BCUT2D eigenvalue weighted by molar-refractivity contribution is 0.112. The van der Waals surface area contributed by atoms with E-state index in [4.69, 9.17) is 26.3 Å². The Morgan fingerprint density at radius 1 is 1.05 bits per heavy atom. The van der Waals surface area contributed by atoms with Crippen LogP contribution in [0.4, 0.5) is 11.5 Å². The summed E-state index contributed by atoms with van der Waals surface area (Å²) in [5.41, 5.74) is 8.05. The Labute approximate surface area is 254 Å². The van der Waals surface area contributed by atoms with Gasteiger partial charge in [-0.3, -0.25) is 14.7 Å². The minimum Gasteiger partial charge on any atom is -0.480 e. The molecule has 0 spiro atoms. The van der Waals surface area contributed by atoms with Crippen LogP contribution in [0.1, 0.15) is 27.9 Å². The molecular weight excluding hydrogens is 562 g/mol. The average molecular weight is 592 g/mol. The highest BCUT2D eigenvalue weighted by Gasteiger charge is 2.27.